The monoisotopic (exact) mass is 265 g/mol. The number of hydrogen-bond acceptors (Lipinski definition) is 3. The summed E-state index contributed by atoms with van der Waals surface area (Å²) in [5.41, 5.74) is 0. The van der Waals surface area contributed by atoms with E-state index in [1.807, 2.05) is 0 Å². The van der Waals surface area contributed by atoms with Gasteiger partial charge in [0.2, 0.25) is 0 Å². The zero-order chi connectivity index (χ0) is 13.8. The standard InChI is InChI=1S/C13H19N3O3/c14-5-1-6-16(11-2-3-11)13(19)15-7-4-10(9-15)8-12(17)18/h10-11H,1-4,6-9H2,(H,17,18). The quantitative estimate of drug-likeness (QED) is 0.811. The average Bonchev–Trinajstić information content (AvgIpc) is 3.09. The Kier molecular flexibility index (Phi) is 4.25. The molecule has 1 saturated carbocycles. The van der Waals surface area contributed by atoms with Crippen molar-refractivity contribution in [3.05, 3.63) is 0 Å². The van der Waals surface area contributed by atoms with Crippen molar-refractivity contribution in [2.24, 2.45) is 5.92 Å². The number of likely N-dealkylation sites (tertiary alicyclic amines) is 1. The first-order valence-corrected chi connectivity index (χ1v) is 6.76. The summed E-state index contributed by atoms with van der Waals surface area (Å²) >= 11 is 0. The zero-order valence-corrected chi connectivity index (χ0v) is 10.9. The van der Waals surface area contributed by atoms with E-state index in [9.17, 15) is 9.59 Å². The van der Waals surface area contributed by atoms with Crippen molar-refractivity contribution in [1.29, 1.82) is 5.26 Å². The molecule has 2 amide bonds. The van der Waals surface area contributed by atoms with Gasteiger partial charge in [0.1, 0.15) is 0 Å². The van der Waals surface area contributed by atoms with Gasteiger partial charge < -0.3 is 14.9 Å². The van der Waals surface area contributed by atoms with E-state index in [2.05, 4.69) is 6.07 Å². The van der Waals surface area contributed by atoms with Gasteiger partial charge in [0.05, 0.1) is 12.5 Å². The number of carbonyl (C=O) groups is 2. The van der Waals surface area contributed by atoms with Crippen molar-refractivity contribution in [1.82, 2.24) is 9.80 Å². The lowest BCUT2D eigenvalue weighted by Gasteiger charge is -2.27. The molecule has 1 aliphatic heterocycles. The Hall–Kier alpha value is -1.77. The van der Waals surface area contributed by atoms with Gasteiger partial charge in [0.15, 0.2) is 0 Å². The molecule has 1 unspecified atom stereocenters. The maximum absolute atomic E-state index is 12.4. The number of carboxylic acids is 1. The number of carbonyl (C=O) groups excluding carboxylic acids is 1. The van der Waals surface area contributed by atoms with Gasteiger partial charge in [0, 0.05) is 32.1 Å². The smallest absolute Gasteiger partial charge is 0.320 e. The largest absolute Gasteiger partial charge is 0.481 e. The molecule has 0 spiro atoms. The summed E-state index contributed by atoms with van der Waals surface area (Å²) in [5, 5.41) is 17.4. The molecule has 19 heavy (non-hydrogen) atoms. The van der Waals surface area contributed by atoms with Gasteiger partial charge in [-0.15, -0.1) is 0 Å². The minimum atomic E-state index is -0.803. The van der Waals surface area contributed by atoms with Crippen LogP contribution in [0.25, 0.3) is 0 Å². The van der Waals surface area contributed by atoms with Crippen LogP contribution in [0.15, 0.2) is 0 Å². The molecule has 0 aromatic carbocycles. The van der Waals surface area contributed by atoms with E-state index in [0.29, 0.717) is 32.1 Å². The molecule has 1 N–H and O–H groups in total. The van der Waals surface area contributed by atoms with Crippen LogP contribution in [-0.2, 0) is 4.79 Å². The van der Waals surface area contributed by atoms with Crippen LogP contribution >= 0.6 is 0 Å². The third-order valence-electron chi connectivity index (χ3n) is 3.72. The molecule has 0 radical (unpaired) electrons. The Morgan fingerprint density at radius 1 is 1.37 bits per heavy atom. The van der Waals surface area contributed by atoms with E-state index in [4.69, 9.17) is 10.4 Å². The fourth-order valence-electron chi connectivity index (χ4n) is 2.59. The molecule has 2 fully saturated rings. The summed E-state index contributed by atoms with van der Waals surface area (Å²) in [6, 6.07) is 2.34. The van der Waals surface area contributed by atoms with Gasteiger partial charge >= 0.3 is 12.0 Å². The molecule has 0 aromatic heterocycles. The molecule has 2 rings (SSSR count). The van der Waals surface area contributed by atoms with Gasteiger partial charge in [-0.25, -0.2) is 4.79 Å². The van der Waals surface area contributed by atoms with Gasteiger partial charge in [-0.1, -0.05) is 0 Å². The minimum Gasteiger partial charge on any atom is -0.481 e. The topological polar surface area (TPSA) is 84.6 Å². The molecule has 2 aliphatic rings. The van der Waals surface area contributed by atoms with Gasteiger partial charge in [0.25, 0.3) is 0 Å². The van der Waals surface area contributed by atoms with Crippen molar-refractivity contribution < 1.29 is 14.7 Å². The highest BCUT2D eigenvalue weighted by Gasteiger charge is 2.37. The summed E-state index contributed by atoms with van der Waals surface area (Å²) in [4.78, 5) is 26.6. The van der Waals surface area contributed by atoms with Crippen LogP contribution in [-0.4, -0.2) is 52.6 Å². The minimum absolute atomic E-state index is 0.0226. The van der Waals surface area contributed by atoms with Crippen molar-refractivity contribution in [2.75, 3.05) is 19.6 Å². The van der Waals surface area contributed by atoms with E-state index in [0.717, 1.165) is 19.3 Å². The molecule has 1 aliphatic carbocycles. The van der Waals surface area contributed by atoms with Crippen LogP contribution in [0.1, 0.15) is 32.1 Å². The lowest BCUT2D eigenvalue weighted by atomic mass is 10.1. The van der Waals surface area contributed by atoms with Crippen LogP contribution in [0.4, 0.5) is 4.79 Å². The summed E-state index contributed by atoms with van der Waals surface area (Å²) in [7, 11) is 0. The van der Waals surface area contributed by atoms with E-state index in [1.165, 1.54) is 0 Å². The van der Waals surface area contributed by atoms with Crippen LogP contribution < -0.4 is 0 Å². The fraction of sp³-hybridized carbons (Fsp3) is 0.769. The Morgan fingerprint density at radius 3 is 2.68 bits per heavy atom. The first-order valence-electron chi connectivity index (χ1n) is 6.76. The predicted molar refractivity (Wildman–Crippen MR) is 67.3 cm³/mol. The number of nitrogens with zero attached hydrogens (tertiary/aromatic N) is 3. The van der Waals surface area contributed by atoms with Crippen LogP contribution in [0.2, 0.25) is 0 Å². The first kappa shape index (κ1) is 13.7. The number of rotatable bonds is 5. The highest BCUT2D eigenvalue weighted by Crippen LogP contribution is 2.29. The second-order valence-electron chi connectivity index (χ2n) is 5.31. The zero-order valence-electron chi connectivity index (χ0n) is 10.9. The molecular weight excluding hydrogens is 246 g/mol. The Bertz CT molecular complexity index is 400. The lowest BCUT2D eigenvalue weighted by Crippen LogP contribution is -2.43. The number of urea groups is 1. The molecule has 6 nitrogen and oxygen atoms in total. The van der Waals surface area contributed by atoms with E-state index in [1.54, 1.807) is 9.80 Å². The van der Waals surface area contributed by atoms with Crippen molar-refractivity contribution in [2.45, 2.75) is 38.1 Å². The second-order valence-corrected chi connectivity index (χ2v) is 5.31. The van der Waals surface area contributed by atoms with Crippen LogP contribution in [0.3, 0.4) is 0 Å². The summed E-state index contributed by atoms with van der Waals surface area (Å²) in [6.45, 7) is 1.65. The highest BCUT2D eigenvalue weighted by atomic mass is 16.4. The van der Waals surface area contributed by atoms with E-state index >= 15 is 0 Å². The Balaban J connectivity index is 1.88. The van der Waals surface area contributed by atoms with Crippen LogP contribution in [0.5, 0.6) is 0 Å². The van der Waals surface area contributed by atoms with Crippen molar-refractivity contribution in [3.8, 4) is 6.07 Å². The molecular formula is C13H19N3O3. The molecule has 1 heterocycles. The number of carboxylic acid groups (broad SMARTS) is 1. The molecule has 0 aromatic rings. The molecule has 0 bridgehead atoms. The van der Waals surface area contributed by atoms with Gasteiger partial charge in [-0.05, 0) is 25.2 Å². The number of nitriles is 1. The SMILES string of the molecule is N#CCCN(C(=O)N1CCC(CC(=O)O)C1)C1CC1. The fourth-order valence-corrected chi connectivity index (χ4v) is 2.59. The lowest BCUT2D eigenvalue weighted by molar-refractivity contribution is -0.138. The van der Waals surface area contributed by atoms with E-state index in [-0.39, 0.29) is 18.4 Å². The Morgan fingerprint density at radius 2 is 2.11 bits per heavy atom. The molecule has 1 atom stereocenters. The first-order chi connectivity index (χ1) is 9.11. The Labute approximate surface area is 112 Å². The third kappa shape index (κ3) is 3.60. The molecule has 6 heteroatoms. The normalized spacial score (nSPS) is 22.1. The molecule has 1 saturated heterocycles. The second kappa shape index (κ2) is 5.91. The van der Waals surface area contributed by atoms with Crippen molar-refractivity contribution >= 4 is 12.0 Å². The highest BCUT2D eigenvalue weighted by molar-refractivity contribution is 5.76. The summed E-state index contributed by atoms with van der Waals surface area (Å²) < 4.78 is 0. The average molecular weight is 265 g/mol. The third-order valence-corrected chi connectivity index (χ3v) is 3.72. The maximum atomic E-state index is 12.4. The number of amides is 2. The number of aliphatic carboxylic acids is 1. The van der Waals surface area contributed by atoms with Gasteiger partial charge in [-0.3, -0.25) is 4.79 Å². The van der Waals surface area contributed by atoms with E-state index < -0.39 is 5.97 Å². The van der Waals surface area contributed by atoms with Crippen LogP contribution in [0, 0.1) is 17.2 Å². The maximum Gasteiger partial charge on any atom is 0.320 e. The number of hydrogen-bond donors (Lipinski definition) is 1. The summed E-state index contributed by atoms with van der Waals surface area (Å²) in [5.74, 6) is -0.735. The molecule has 104 valence electrons. The van der Waals surface area contributed by atoms with Crippen molar-refractivity contribution in [3.63, 3.8) is 0 Å². The summed E-state index contributed by atoms with van der Waals surface area (Å²) in [6.07, 6.45) is 3.28. The predicted octanol–water partition coefficient (Wildman–Crippen LogP) is 1.28. The van der Waals surface area contributed by atoms with Gasteiger partial charge in [-0.2, -0.15) is 5.26 Å².